The van der Waals surface area contributed by atoms with Crippen LogP contribution in [0, 0.1) is 12.8 Å². The third kappa shape index (κ3) is 3.00. The number of ether oxygens (including phenoxy) is 1. The minimum atomic E-state index is 0.770. The summed E-state index contributed by atoms with van der Waals surface area (Å²) in [5.74, 6) is 1.80. The molecule has 2 rings (SSSR count). The van der Waals surface area contributed by atoms with Gasteiger partial charge in [0.05, 0.1) is 6.61 Å². The van der Waals surface area contributed by atoms with E-state index in [1.807, 2.05) is 6.07 Å². The van der Waals surface area contributed by atoms with Crippen LogP contribution in [-0.4, -0.2) is 6.61 Å². The van der Waals surface area contributed by atoms with Crippen LogP contribution in [0.4, 0.5) is 0 Å². The molecule has 0 N–H and O–H groups in total. The maximum absolute atomic E-state index is 5.93. The molecule has 1 saturated carbocycles. The summed E-state index contributed by atoms with van der Waals surface area (Å²) in [6.07, 6.45) is 6.85. The van der Waals surface area contributed by atoms with E-state index in [0.29, 0.717) is 0 Å². The molecule has 1 fully saturated rings. The smallest absolute Gasteiger partial charge is 0.123 e. The number of hydrogen-bond acceptors (Lipinski definition) is 1. The summed E-state index contributed by atoms with van der Waals surface area (Å²) in [5.41, 5.74) is 1.21. The van der Waals surface area contributed by atoms with Crippen LogP contribution in [0.5, 0.6) is 5.75 Å². The van der Waals surface area contributed by atoms with E-state index in [2.05, 4.69) is 35.0 Å². The molecule has 1 aliphatic rings. The van der Waals surface area contributed by atoms with Gasteiger partial charge in [-0.3, -0.25) is 0 Å². The minimum Gasteiger partial charge on any atom is -0.493 e. The standard InChI is InChI=1S/C14H19BrO/c1-11-13(15)8-5-9-14(11)16-10-12-6-3-2-4-7-12/h5,8-9,12H,2-4,6-7,10H2,1H3. The fourth-order valence-corrected chi connectivity index (χ4v) is 2.65. The summed E-state index contributed by atoms with van der Waals surface area (Å²) in [5, 5.41) is 0. The van der Waals surface area contributed by atoms with Crippen molar-refractivity contribution in [1.82, 2.24) is 0 Å². The summed E-state index contributed by atoms with van der Waals surface area (Å²) in [4.78, 5) is 0. The molecular formula is C14H19BrO. The van der Waals surface area contributed by atoms with Crippen LogP contribution in [0.1, 0.15) is 37.7 Å². The van der Waals surface area contributed by atoms with Crippen LogP contribution < -0.4 is 4.74 Å². The van der Waals surface area contributed by atoms with Crippen LogP contribution in [0.2, 0.25) is 0 Å². The molecule has 0 radical (unpaired) electrons. The molecule has 0 aromatic heterocycles. The van der Waals surface area contributed by atoms with E-state index in [1.54, 1.807) is 0 Å². The second-order valence-corrected chi connectivity index (χ2v) is 5.53. The van der Waals surface area contributed by atoms with E-state index in [4.69, 9.17) is 4.74 Å². The molecule has 88 valence electrons. The summed E-state index contributed by atoms with van der Waals surface area (Å²) in [7, 11) is 0. The van der Waals surface area contributed by atoms with Gasteiger partial charge in [-0.2, -0.15) is 0 Å². The third-order valence-electron chi connectivity index (χ3n) is 3.42. The zero-order chi connectivity index (χ0) is 11.4. The molecule has 16 heavy (non-hydrogen) atoms. The average molecular weight is 283 g/mol. The molecule has 0 unspecified atom stereocenters. The zero-order valence-corrected chi connectivity index (χ0v) is 11.4. The SMILES string of the molecule is Cc1c(Br)cccc1OCC1CCCCC1. The van der Waals surface area contributed by atoms with E-state index in [0.717, 1.165) is 22.7 Å². The lowest BCUT2D eigenvalue weighted by molar-refractivity contribution is 0.208. The molecular weight excluding hydrogens is 264 g/mol. The van der Waals surface area contributed by atoms with Gasteiger partial charge in [0.1, 0.15) is 5.75 Å². The predicted molar refractivity (Wildman–Crippen MR) is 70.9 cm³/mol. The molecule has 0 bridgehead atoms. The van der Waals surface area contributed by atoms with Gasteiger partial charge in [-0.25, -0.2) is 0 Å². The van der Waals surface area contributed by atoms with Crippen molar-refractivity contribution in [2.75, 3.05) is 6.61 Å². The monoisotopic (exact) mass is 282 g/mol. The molecule has 1 aliphatic carbocycles. The lowest BCUT2D eigenvalue weighted by Crippen LogP contribution is -2.15. The van der Waals surface area contributed by atoms with E-state index in [-0.39, 0.29) is 0 Å². The van der Waals surface area contributed by atoms with Gasteiger partial charge in [-0.15, -0.1) is 0 Å². The van der Waals surface area contributed by atoms with Gasteiger partial charge in [-0.05, 0) is 37.8 Å². The Balaban J connectivity index is 1.91. The molecule has 2 heteroatoms. The number of benzene rings is 1. The normalized spacial score (nSPS) is 17.4. The topological polar surface area (TPSA) is 9.23 Å². The molecule has 0 amide bonds. The van der Waals surface area contributed by atoms with E-state index in [9.17, 15) is 0 Å². The minimum absolute atomic E-state index is 0.770. The highest BCUT2D eigenvalue weighted by Gasteiger charge is 2.14. The van der Waals surface area contributed by atoms with Crippen LogP contribution in [0.15, 0.2) is 22.7 Å². The van der Waals surface area contributed by atoms with Crippen molar-refractivity contribution in [3.05, 3.63) is 28.2 Å². The molecule has 1 aromatic rings. The lowest BCUT2D eigenvalue weighted by Gasteiger charge is -2.22. The highest BCUT2D eigenvalue weighted by molar-refractivity contribution is 9.10. The summed E-state index contributed by atoms with van der Waals surface area (Å²) >= 11 is 3.53. The van der Waals surface area contributed by atoms with Crippen LogP contribution >= 0.6 is 15.9 Å². The first kappa shape index (κ1) is 12.0. The maximum atomic E-state index is 5.93. The quantitative estimate of drug-likeness (QED) is 0.780. The van der Waals surface area contributed by atoms with Gasteiger partial charge >= 0.3 is 0 Å². The summed E-state index contributed by atoms with van der Waals surface area (Å²) in [6, 6.07) is 6.15. The van der Waals surface area contributed by atoms with Gasteiger partial charge in [0, 0.05) is 10.0 Å². The molecule has 0 atom stereocenters. The maximum Gasteiger partial charge on any atom is 0.123 e. The first-order valence-corrected chi connectivity index (χ1v) is 6.94. The van der Waals surface area contributed by atoms with Crippen molar-refractivity contribution >= 4 is 15.9 Å². The van der Waals surface area contributed by atoms with Crippen molar-refractivity contribution < 1.29 is 4.74 Å². The Labute approximate surface area is 106 Å². The van der Waals surface area contributed by atoms with Crippen LogP contribution in [0.25, 0.3) is 0 Å². The van der Waals surface area contributed by atoms with Gasteiger partial charge < -0.3 is 4.74 Å². The fourth-order valence-electron chi connectivity index (χ4n) is 2.31. The average Bonchev–Trinajstić information content (AvgIpc) is 2.32. The molecule has 1 nitrogen and oxygen atoms in total. The molecule has 1 aromatic carbocycles. The predicted octanol–water partition coefficient (Wildman–Crippen LogP) is 4.72. The zero-order valence-electron chi connectivity index (χ0n) is 9.84. The largest absolute Gasteiger partial charge is 0.493 e. The molecule has 0 spiro atoms. The Hall–Kier alpha value is -0.500. The van der Waals surface area contributed by atoms with Crippen molar-refractivity contribution in [3.8, 4) is 5.75 Å². The Bertz CT molecular complexity index is 343. The first-order valence-electron chi connectivity index (χ1n) is 6.15. The fraction of sp³-hybridized carbons (Fsp3) is 0.571. The van der Waals surface area contributed by atoms with E-state index in [1.165, 1.54) is 37.7 Å². The Morgan fingerprint density at radius 1 is 1.25 bits per heavy atom. The Morgan fingerprint density at radius 3 is 2.75 bits per heavy atom. The second kappa shape index (κ2) is 5.72. The number of hydrogen-bond donors (Lipinski definition) is 0. The van der Waals surface area contributed by atoms with Crippen molar-refractivity contribution in [2.24, 2.45) is 5.92 Å². The second-order valence-electron chi connectivity index (χ2n) is 4.68. The third-order valence-corrected chi connectivity index (χ3v) is 4.28. The van der Waals surface area contributed by atoms with E-state index < -0.39 is 0 Å². The van der Waals surface area contributed by atoms with E-state index >= 15 is 0 Å². The van der Waals surface area contributed by atoms with Crippen LogP contribution in [-0.2, 0) is 0 Å². The summed E-state index contributed by atoms with van der Waals surface area (Å²) in [6.45, 7) is 2.98. The number of rotatable bonds is 3. The number of halogens is 1. The van der Waals surface area contributed by atoms with Crippen LogP contribution in [0.3, 0.4) is 0 Å². The summed E-state index contributed by atoms with van der Waals surface area (Å²) < 4.78 is 7.06. The van der Waals surface area contributed by atoms with Crippen molar-refractivity contribution in [2.45, 2.75) is 39.0 Å². The van der Waals surface area contributed by atoms with Gasteiger partial charge in [0.2, 0.25) is 0 Å². The lowest BCUT2D eigenvalue weighted by atomic mass is 9.90. The van der Waals surface area contributed by atoms with Gasteiger partial charge in [0.15, 0.2) is 0 Å². The first-order chi connectivity index (χ1) is 7.77. The Kier molecular flexibility index (Phi) is 4.28. The Morgan fingerprint density at radius 2 is 2.00 bits per heavy atom. The van der Waals surface area contributed by atoms with Gasteiger partial charge in [0.25, 0.3) is 0 Å². The van der Waals surface area contributed by atoms with Crippen molar-refractivity contribution in [1.29, 1.82) is 0 Å². The van der Waals surface area contributed by atoms with Crippen molar-refractivity contribution in [3.63, 3.8) is 0 Å². The molecule has 0 heterocycles. The highest BCUT2D eigenvalue weighted by Crippen LogP contribution is 2.28. The molecule has 0 aliphatic heterocycles. The van der Waals surface area contributed by atoms with Gasteiger partial charge in [-0.1, -0.05) is 41.3 Å². The molecule has 0 saturated heterocycles. The highest BCUT2D eigenvalue weighted by atomic mass is 79.9.